The zero-order chi connectivity index (χ0) is 18.8. The van der Waals surface area contributed by atoms with Crippen LogP contribution in [-0.4, -0.2) is 64.7 Å². The van der Waals surface area contributed by atoms with Crippen LogP contribution in [0.25, 0.3) is 11.5 Å². The van der Waals surface area contributed by atoms with Crippen molar-refractivity contribution in [2.45, 2.75) is 31.8 Å². The van der Waals surface area contributed by atoms with Gasteiger partial charge in [-0.15, -0.1) is 10.2 Å². The number of hydrogen-bond donors (Lipinski definition) is 1. The third-order valence-electron chi connectivity index (χ3n) is 5.13. The average molecular weight is 390 g/mol. The summed E-state index contributed by atoms with van der Waals surface area (Å²) >= 11 is 6.04. The topological polar surface area (TPSA) is 74.5 Å². The smallest absolute Gasteiger partial charge is 0.247 e. The van der Waals surface area contributed by atoms with E-state index in [9.17, 15) is 4.79 Å². The number of hydrogen-bond acceptors (Lipinski definition) is 6. The molecule has 2 aliphatic rings. The summed E-state index contributed by atoms with van der Waals surface area (Å²) in [6.45, 7) is 6.01. The van der Waals surface area contributed by atoms with Crippen molar-refractivity contribution in [2.75, 3.05) is 32.7 Å². The number of halogens is 1. The van der Waals surface area contributed by atoms with Gasteiger partial charge in [-0.3, -0.25) is 14.6 Å². The zero-order valence-corrected chi connectivity index (χ0v) is 16.2. The normalized spacial score (nSPS) is 19.8. The highest BCUT2D eigenvalue weighted by Gasteiger charge is 2.28. The van der Waals surface area contributed by atoms with Gasteiger partial charge < -0.3 is 9.73 Å². The van der Waals surface area contributed by atoms with Gasteiger partial charge in [0.25, 0.3) is 0 Å². The van der Waals surface area contributed by atoms with E-state index in [1.807, 2.05) is 24.3 Å². The fraction of sp³-hybridized carbons (Fsp3) is 0.526. The number of amides is 1. The van der Waals surface area contributed by atoms with E-state index in [1.165, 1.54) is 0 Å². The van der Waals surface area contributed by atoms with Crippen molar-refractivity contribution < 1.29 is 9.21 Å². The van der Waals surface area contributed by atoms with Gasteiger partial charge in [-0.2, -0.15) is 0 Å². The Kier molecular flexibility index (Phi) is 5.43. The highest BCUT2D eigenvalue weighted by molar-refractivity contribution is 6.30. The quantitative estimate of drug-likeness (QED) is 0.817. The van der Waals surface area contributed by atoms with Gasteiger partial charge in [0.15, 0.2) is 0 Å². The predicted molar refractivity (Wildman–Crippen MR) is 102 cm³/mol. The summed E-state index contributed by atoms with van der Waals surface area (Å²) in [5.74, 6) is 1.22. The highest BCUT2D eigenvalue weighted by Crippen LogP contribution is 2.26. The fourth-order valence-electron chi connectivity index (χ4n) is 3.31. The molecule has 1 atom stereocenters. The number of nitrogens with zero attached hydrogens (tertiary/aromatic N) is 4. The van der Waals surface area contributed by atoms with Gasteiger partial charge in [-0.1, -0.05) is 17.7 Å². The number of piperazine rings is 1. The fourth-order valence-corrected chi connectivity index (χ4v) is 3.50. The van der Waals surface area contributed by atoms with E-state index in [1.54, 1.807) is 0 Å². The first kappa shape index (κ1) is 18.4. The predicted octanol–water partition coefficient (Wildman–Crippen LogP) is 2.35. The van der Waals surface area contributed by atoms with Crippen molar-refractivity contribution in [2.24, 2.45) is 0 Å². The molecule has 27 heavy (non-hydrogen) atoms. The lowest BCUT2D eigenvalue weighted by Crippen LogP contribution is -2.50. The second-order valence-electron chi connectivity index (χ2n) is 7.29. The van der Waals surface area contributed by atoms with Crippen LogP contribution in [0.3, 0.4) is 0 Å². The molecule has 0 bridgehead atoms. The minimum Gasteiger partial charge on any atom is -0.419 e. The van der Waals surface area contributed by atoms with Crippen LogP contribution in [0.4, 0.5) is 0 Å². The molecule has 2 aromatic rings. The Bertz CT molecular complexity index is 799. The molecule has 2 heterocycles. The molecule has 1 aromatic heterocycles. The zero-order valence-electron chi connectivity index (χ0n) is 15.4. The maximum atomic E-state index is 12.0. The van der Waals surface area contributed by atoms with Crippen LogP contribution < -0.4 is 5.32 Å². The van der Waals surface area contributed by atoms with Crippen LogP contribution in [0.5, 0.6) is 0 Å². The first-order valence-electron chi connectivity index (χ1n) is 9.43. The molecular weight excluding hydrogens is 366 g/mol. The van der Waals surface area contributed by atoms with Crippen LogP contribution in [-0.2, 0) is 4.79 Å². The van der Waals surface area contributed by atoms with E-state index < -0.39 is 0 Å². The summed E-state index contributed by atoms with van der Waals surface area (Å²) in [4.78, 5) is 16.5. The number of carbonyl (C=O) groups is 1. The Hall–Kier alpha value is -1.96. The molecule has 0 unspecified atom stereocenters. The third kappa shape index (κ3) is 4.66. The Morgan fingerprint density at radius 2 is 2.07 bits per heavy atom. The molecule has 7 nitrogen and oxygen atoms in total. The number of carbonyl (C=O) groups excluding carboxylic acids is 1. The lowest BCUT2D eigenvalue weighted by Gasteiger charge is -2.36. The van der Waals surface area contributed by atoms with Crippen molar-refractivity contribution in [3.05, 3.63) is 35.2 Å². The number of rotatable bonds is 6. The Balaban J connectivity index is 1.31. The maximum absolute atomic E-state index is 12.0. The second-order valence-corrected chi connectivity index (χ2v) is 7.72. The van der Waals surface area contributed by atoms with E-state index in [2.05, 4.69) is 32.2 Å². The Morgan fingerprint density at radius 3 is 2.78 bits per heavy atom. The minimum atomic E-state index is 0.0351. The monoisotopic (exact) mass is 389 g/mol. The van der Waals surface area contributed by atoms with Crippen molar-refractivity contribution >= 4 is 17.5 Å². The summed E-state index contributed by atoms with van der Waals surface area (Å²) in [5.41, 5.74) is 0.819. The lowest BCUT2D eigenvalue weighted by molar-refractivity contribution is -0.122. The molecule has 2 fully saturated rings. The van der Waals surface area contributed by atoms with Crippen LogP contribution in [0, 0.1) is 0 Å². The Morgan fingerprint density at radius 1 is 1.30 bits per heavy atom. The van der Waals surface area contributed by atoms with E-state index in [0.29, 0.717) is 29.4 Å². The van der Waals surface area contributed by atoms with Crippen LogP contribution in [0.2, 0.25) is 5.02 Å². The summed E-state index contributed by atoms with van der Waals surface area (Å²) in [6, 6.07) is 7.85. The molecule has 1 aliphatic heterocycles. The lowest BCUT2D eigenvalue weighted by atomic mass is 10.2. The van der Waals surface area contributed by atoms with Gasteiger partial charge in [-0.05, 0) is 38.0 Å². The van der Waals surface area contributed by atoms with E-state index in [4.69, 9.17) is 16.0 Å². The second kappa shape index (κ2) is 7.96. The molecule has 1 N–H and O–H groups in total. The highest BCUT2D eigenvalue weighted by atomic mass is 35.5. The SMILES string of the molecule is C[C@@H](c1nnc(-c2cccc(Cl)c2)o1)N1CCN(CC(=O)NC2CC2)CC1. The molecular formula is C19H24ClN5O2. The van der Waals surface area contributed by atoms with Gasteiger partial charge >= 0.3 is 0 Å². The average Bonchev–Trinajstić information content (AvgIpc) is 3.33. The van der Waals surface area contributed by atoms with Gasteiger partial charge in [0, 0.05) is 42.8 Å². The molecule has 1 saturated carbocycles. The molecule has 1 amide bonds. The number of nitrogens with one attached hydrogen (secondary N) is 1. The van der Waals surface area contributed by atoms with Gasteiger partial charge in [0.2, 0.25) is 17.7 Å². The van der Waals surface area contributed by atoms with Gasteiger partial charge in [0.05, 0.1) is 12.6 Å². The largest absolute Gasteiger partial charge is 0.419 e. The first-order valence-corrected chi connectivity index (χ1v) is 9.81. The molecule has 1 aliphatic carbocycles. The van der Waals surface area contributed by atoms with E-state index in [0.717, 1.165) is 44.6 Å². The first-order chi connectivity index (χ1) is 13.1. The molecule has 1 saturated heterocycles. The Labute approximate surface area is 163 Å². The summed E-state index contributed by atoms with van der Waals surface area (Å²) < 4.78 is 5.88. The van der Waals surface area contributed by atoms with Gasteiger partial charge in [0.1, 0.15) is 0 Å². The number of benzene rings is 1. The molecule has 0 radical (unpaired) electrons. The standard InChI is InChI=1S/C19H24ClN5O2/c1-13(18-22-23-19(27-18)14-3-2-4-15(20)11-14)25-9-7-24(8-10-25)12-17(26)21-16-5-6-16/h2-4,11,13,16H,5-10,12H2,1H3,(H,21,26)/t13-/m0/s1. The minimum absolute atomic E-state index is 0.0351. The molecule has 144 valence electrons. The van der Waals surface area contributed by atoms with Crippen LogP contribution >= 0.6 is 11.6 Å². The summed E-state index contributed by atoms with van der Waals surface area (Å²) in [6.07, 6.45) is 2.25. The van der Waals surface area contributed by atoms with Crippen molar-refractivity contribution in [3.8, 4) is 11.5 Å². The molecule has 8 heteroatoms. The van der Waals surface area contributed by atoms with E-state index in [-0.39, 0.29) is 11.9 Å². The maximum Gasteiger partial charge on any atom is 0.247 e. The van der Waals surface area contributed by atoms with Crippen LogP contribution in [0.1, 0.15) is 31.7 Å². The van der Waals surface area contributed by atoms with Crippen LogP contribution in [0.15, 0.2) is 28.7 Å². The molecule has 0 spiro atoms. The van der Waals surface area contributed by atoms with Gasteiger partial charge in [-0.25, -0.2) is 0 Å². The summed E-state index contributed by atoms with van der Waals surface area (Å²) in [5, 5.41) is 12.1. The van der Waals surface area contributed by atoms with Crippen molar-refractivity contribution in [1.29, 1.82) is 0 Å². The summed E-state index contributed by atoms with van der Waals surface area (Å²) in [7, 11) is 0. The van der Waals surface area contributed by atoms with Crippen molar-refractivity contribution in [3.63, 3.8) is 0 Å². The molecule has 4 rings (SSSR count). The van der Waals surface area contributed by atoms with Crippen molar-refractivity contribution in [1.82, 2.24) is 25.3 Å². The third-order valence-corrected chi connectivity index (χ3v) is 5.37. The number of aromatic nitrogens is 2. The van der Waals surface area contributed by atoms with E-state index >= 15 is 0 Å². The molecule has 1 aromatic carbocycles.